The first-order valence-corrected chi connectivity index (χ1v) is 11.5. The Balaban J connectivity index is 1.29. The van der Waals surface area contributed by atoms with Gasteiger partial charge in [-0.15, -0.1) is 0 Å². The fraction of sp³-hybridized carbons (Fsp3) is 0.407. The van der Waals surface area contributed by atoms with Crippen molar-refractivity contribution in [1.82, 2.24) is 9.47 Å². The fourth-order valence-electron chi connectivity index (χ4n) is 4.74. The van der Waals surface area contributed by atoms with Crippen molar-refractivity contribution in [2.24, 2.45) is 5.92 Å². The number of likely N-dealkylation sites (tertiary alicyclic amines) is 1. The van der Waals surface area contributed by atoms with Gasteiger partial charge in [0.15, 0.2) is 5.78 Å². The van der Waals surface area contributed by atoms with Crippen LogP contribution in [0.1, 0.15) is 48.5 Å². The number of nitrogens with zero attached hydrogens (tertiary/aromatic N) is 2. The molecule has 0 aliphatic carbocycles. The van der Waals surface area contributed by atoms with Crippen LogP contribution in [-0.2, 0) is 17.8 Å². The number of aryl methyl sites for hydroxylation is 2. The first kappa shape index (κ1) is 21.5. The van der Waals surface area contributed by atoms with Gasteiger partial charge >= 0.3 is 0 Å². The van der Waals surface area contributed by atoms with Gasteiger partial charge in [-0.25, -0.2) is 0 Å². The third-order valence-electron chi connectivity index (χ3n) is 6.51. The zero-order valence-electron chi connectivity index (χ0n) is 18.4. The number of fused-ring (bicyclic) bond motifs is 1. The summed E-state index contributed by atoms with van der Waals surface area (Å²) in [5, 5.41) is 1.27. The highest BCUT2D eigenvalue weighted by atomic mass is 16.1. The first-order valence-electron chi connectivity index (χ1n) is 11.5. The summed E-state index contributed by atoms with van der Waals surface area (Å²) >= 11 is 0. The Labute approximate surface area is 184 Å². The van der Waals surface area contributed by atoms with E-state index in [0.29, 0.717) is 12.2 Å². The smallest absolute Gasteiger partial charge is 0.166 e. The maximum Gasteiger partial charge on any atom is 0.166 e. The minimum Gasteiger partial charge on any atom is -0.347 e. The van der Waals surface area contributed by atoms with E-state index in [9.17, 15) is 9.59 Å². The van der Waals surface area contributed by atoms with Crippen LogP contribution < -0.4 is 0 Å². The van der Waals surface area contributed by atoms with Crippen LogP contribution in [0.5, 0.6) is 0 Å². The minimum absolute atomic E-state index is 0.163. The molecule has 1 aliphatic rings. The van der Waals surface area contributed by atoms with Crippen LogP contribution in [0.3, 0.4) is 0 Å². The molecule has 0 bridgehead atoms. The van der Waals surface area contributed by atoms with Gasteiger partial charge in [0.2, 0.25) is 0 Å². The molecule has 1 saturated heterocycles. The zero-order chi connectivity index (χ0) is 21.6. The Kier molecular flexibility index (Phi) is 6.98. The number of piperidine rings is 1. The maximum atomic E-state index is 12.7. The third-order valence-corrected chi connectivity index (χ3v) is 6.51. The van der Waals surface area contributed by atoms with Crippen LogP contribution in [0.25, 0.3) is 10.9 Å². The van der Waals surface area contributed by atoms with E-state index >= 15 is 0 Å². The molecule has 31 heavy (non-hydrogen) atoms. The molecule has 0 unspecified atom stereocenters. The summed E-state index contributed by atoms with van der Waals surface area (Å²) < 4.78 is 2.34. The summed E-state index contributed by atoms with van der Waals surface area (Å²) in [7, 11) is 0. The normalized spacial score (nSPS) is 15.4. The van der Waals surface area contributed by atoms with Gasteiger partial charge in [0, 0.05) is 41.5 Å². The molecule has 1 fully saturated rings. The van der Waals surface area contributed by atoms with Crippen LogP contribution in [0.2, 0.25) is 0 Å². The number of carbonyl (C=O) groups excluding carboxylic acids is 2. The van der Waals surface area contributed by atoms with E-state index in [1.807, 2.05) is 30.3 Å². The van der Waals surface area contributed by atoms with E-state index in [-0.39, 0.29) is 11.7 Å². The van der Waals surface area contributed by atoms with Gasteiger partial charge in [0.25, 0.3) is 0 Å². The van der Waals surface area contributed by atoms with Gasteiger partial charge in [0.05, 0.1) is 0 Å². The topological polar surface area (TPSA) is 42.3 Å². The summed E-state index contributed by atoms with van der Waals surface area (Å²) in [4.78, 5) is 26.6. The molecule has 1 aliphatic heterocycles. The molecule has 4 heteroatoms. The van der Waals surface area contributed by atoms with Crippen molar-refractivity contribution in [1.29, 1.82) is 0 Å². The average Bonchev–Trinajstić information content (AvgIpc) is 3.16. The molecule has 0 N–H and O–H groups in total. The molecule has 162 valence electrons. The number of Topliss-reactive ketones (excluding diaryl/α,β-unsaturated/α-hetero) is 2. The second kappa shape index (κ2) is 10.1. The molecule has 0 spiro atoms. The Morgan fingerprint density at radius 1 is 0.935 bits per heavy atom. The molecule has 4 rings (SSSR count). The lowest BCUT2D eigenvalue weighted by Crippen LogP contribution is -2.37. The van der Waals surface area contributed by atoms with Crippen LogP contribution in [0, 0.1) is 5.92 Å². The SMILES string of the molecule is CC(=O)CCc1cn(CCCN2CCC(C(=O)c3ccccc3)CC2)c2ccccc12. The lowest BCUT2D eigenvalue weighted by molar-refractivity contribution is -0.116. The van der Waals surface area contributed by atoms with Gasteiger partial charge < -0.3 is 14.3 Å². The Hall–Kier alpha value is -2.72. The Morgan fingerprint density at radius 2 is 1.65 bits per heavy atom. The summed E-state index contributed by atoms with van der Waals surface area (Å²) in [5.74, 6) is 0.707. The highest BCUT2D eigenvalue weighted by molar-refractivity contribution is 5.97. The minimum atomic E-state index is 0.163. The molecular formula is C27H32N2O2. The van der Waals surface area contributed by atoms with E-state index in [0.717, 1.165) is 57.4 Å². The number of ketones is 2. The van der Waals surface area contributed by atoms with Crippen molar-refractivity contribution in [3.8, 4) is 0 Å². The van der Waals surface area contributed by atoms with Crippen molar-refractivity contribution in [3.05, 3.63) is 71.9 Å². The standard InChI is InChI=1S/C27H32N2O2/c1-21(30)12-13-24-20-29(26-11-6-5-10-25(24)26)17-7-16-28-18-14-23(15-19-28)27(31)22-8-3-2-4-9-22/h2-6,8-11,20,23H,7,12-19H2,1H3. The van der Waals surface area contributed by atoms with E-state index in [4.69, 9.17) is 0 Å². The van der Waals surface area contributed by atoms with Gasteiger partial charge in [0.1, 0.15) is 5.78 Å². The Bertz CT molecular complexity index is 1030. The van der Waals surface area contributed by atoms with Crippen molar-refractivity contribution >= 4 is 22.5 Å². The molecule has 0 radical (unpaired) electrons. The summed E-state index contributed by atoms with van der Waals surface area (Å²) in [5.41, 5.74) is 3.38. The molecule has 1 aromatic heterocycles. The number of carbonyl (C=O) groups is 2. The Morgan fingerprint density at radius 3 is 2.39 bits per heavy atom. The number of hydrogen-bond donors (Lipinski definition) is 0. The average molecular weight is 417 g/mol. The highest BCUT2D eigenvalue weighted by Crippen LogP contribution is 2.24. The summed E-state index contributed by atoms with van der Waals surface area (Å²) in [6.45, 7) is 5.69. The van der Waals surface area contributed by atoms with E-state index in [2.05, 4.69) is 39.9 Å². The van der Waals surface area contributed by atoms with Gasteiger partial charge in [-0.05, 0) is 63.9 Å². The molecule has 3 aromatic rings. The summed E-state index contributed by atoms with van der Waals surface area (Å²) in [6, 6.07) is 18.2. The number of hydrogen-bond acceptors (Lipinski definition) is 3. The molecule has 2 aromatic carbocycles. The van der Waals surface area contributed by atoms with Crippen LogP contribution in [0.15, 0.2) is 60.8 Å². The monoisotopic (exact) mass is 416 g/mol. The molecular weight excluding hydrogens is 384 g/mol. The number of para-hydroxylation sites is 1. The number of rotatable bonds is 9. The molecule has 0 saturated carbocycles. The quantitative estimate of drug-likeness (QED) is 0.453. The zero-order valence-corrected chi connectivity index (χ0v) is 18.4. The van der Waals surface area contributed by atoms with E-state index < -0.39 is 0 Å². The number of aromatic nitrogens is 1. The predicted molar refractivity (Wildman–Crippen MR) is 125 cm³/mol. The second-order valence-electron chi connectivity index (χ2n) is 8.77. The summed E-state index contributed by atoms with van der Waals surface area (Å²) in [6.07, 6.45) is 6.64. The first-order chi connectivity index (χ1) is 15.1. The molecule has 0 atom stereocenters. The van der Waals surface area contributed by atoms with Crippen LogP contribution in [-0.4, -0.2) is 40.7 Å². The van der Waals surface area contributed by atoms with Gasteiger partial charge in [-0.3, -0.25) is 4.79 Å². The molecule has 4 nitrogen and oxygen atoms in total. The van der Waals surface area contributed by atoms with Gasteiger partial charge in [-0.2, -0.15) is 0 Å². The van der Waals surface area contributed by atoms with Crippen molar-refractivity contribution in [2.75, 3.05) is 19.6 Å². The van der Waals surface area contributed by atoms with Crippen molar-refractivity contribution in [3.63, 3.8) is 0 Å². The lowest BCUT2D eigenvalue weighted by atomic mass is 9.89. The molecule has 2 heterocycles. The van der Waals surface area contributed by atoms with E-state index in [1.165, 1.54) is 16.5 Å². The third kappa shape index (κ3) is 5.31. The largest absolute Gasteiger partial charge is 0.347 e. The van der Waals surface area contributed by atoms with Crippen molar-refractivity contribution < 1.29 is 9.59 Å². The fourth-order valence-corrected chi connectivity index (χ4v) is 4.74. The second-order valence-corrected chi connectivity index (χ2v) is 8.77. The van der Waals surface area contributed by atoms with Crippen LogP contribution in [0.4, 0.5) is 0 Å². The van der Waals surface area contributed by atoms with E-state index in [1.54, 1.807) is 6.92 Å². The highest BCUT2D eigenvalue weighted by Gasteiger charge is 2.25. The maximum absolute atomic E-state index is 12.7. The predicted octanol–water partition coefficient (Wildman–Crippen LogP) is 5.15. The van der Waals surface area contributed by atoms with Crippen molar-refractivity contribution in [2.45, 2.75) is 45.6 Å². The lowest BCUT2D eigenvalue weighted by Gasteiger charge is -2.31. The van der Waals surface area contributed by atoms with Crippen LogP contribution >= 0.6 is 0 Å². The number of benzene rings is 2. The van der Waals surface area contributed by atoms with Gasteiger partial charge in [-0.1, -0.05) is 48.5 Å². The molecule has 0 amide bonds.